The Morgan fingerprint density at radius 2 is 1.51 bits per heavy atom. The Bertz CT molecular complexity index is 1460. The van der Waals surface area contributed by atoms with E-state index in [9.17, 15) is 14.4 Å². The zero-order chi connectivity index (χ0) is 31.3. The highest BCUT2D eigenvalue weighted by atomic mass is 16.6. The summed E-state index contributed by atoms with van der Waals surface area (Å²) in [7, 11) is 4.61. The van der Waals surface area contributed by atoms with Crippen molar-refractivity contribution >= 4 is 17.7 Å². The number of allylic oxidation sites excluding steroid dienone is 3. The van der Waals surface area contributed by atoms with Crippen LogP contribution in [0.2, 0.25) is 0 Å². The monoisotopic (exact) mass is 593 g/mol. The van der Waals surface area contributed by atoms with Crippen LogP contribution >= 0.6 is 0 Å². The Morgan fingerprint density at radius 3 is 2.16 bits per heavy atom. The van der Waals surface area contributed by atoms with Crippen LogP contribution in [0.5, 0.6) is 23.0 Å². The molecule has 1 N–H and O–H groups in total. The number of esters is 2. The lowest BCUT2D eigenvalue weighted by Gasteiger charge is -2.37. The zero-order valence-electron chi connectivity index (χ0n) is 25.7. The lowest BCUT2D eigenvalue weighted by atomic mass is 9.71. The standard InChI is InChI=1S/C33H39NO9/c1-18(2)41-12-13-42-33(37)30-19(3)34-24-14-23(21-8-10-26(38-5)28(16-21)39-6)15-25(36)32(24)31(30)22-9-11-27(43-20(4)35)29(17-22)40-7/h8-11,16-18,23,31,34H,12-15H2,1-7H3/t23-,31-/m0/s1. The summed E-state index contributed by atoms with van der Waals surface area (Å²) >= 11 is 0. The molecule has 2 aliphatic rings. The molecule has 230 valence electrons. The molecule has 10 heteroatoms. The highest BCUT2D eigenvalue weighted by Crippen LogP contribution is 2.47. The third-order valence-corrected chi connectivity index (χ3v) is 7.47. The van der Waals surface area contributed by atoms with Crippen molar-refractivity contribution in [1.82, 2.24) is 5.32 Å². The summed E-state index contributed by atoms with van der Waals surface area (Å²) in [6.07, 6.45) is 0.772. The molecule has 0 saturated carbocycles. The number of Topliss-reactive ketones (excluding diaryl/α,β-unsaturated/α-hetero) is 1. The minimum absolute atomic E-state index is 0.00172. The van der Waals surface area contributed by atoms with Crippen molar-refractivity contribution in [2.24, 2.45) is 0 Å². The van der Waals surface area contributed by atoms with Gasteiger partial charge in [0, 0.05) is 36.2 Å². The van der Waals surface area contributed by atoms with Crippen molar-refractivity contribution in [3.8, 4) is 23.0 Å². The van der Waals surface area contributed by atoms with E-state index in [1.165, 1.54) is 14.0 Å². The number of nitrogens with one attached hydrogen (secondary N) is 1. The molecule has 2 atom stereocenters. The number of ether oxygens (including phenoxy) is 6. The van der Waals surface area contributed by atoms with E-state index >= 15 is 0 Å². The van der Waals surface area contributed by atoms with Crippen LogP contribution in [0.3, 0.4) is 0 Å². The predicted octanol–water partition coefficient (Wildman–Crippen LogP) is 4.97. The van der Waals surface area contributed by atoms with Crippen LogP contribution < -0.4 is 24.3 Å². The van der Waals surface area contributed by atoms with E-state index in [-0.39, 0.29) is 43.2 Å². The smallest absolute Gasteiger partial charge is 0.336 e. The van der Waals surface area contributed by atoms with Crippen LogP contribution in [-0.4, -0.2) is 58.4 Å². The first-order chi connectivity index (χ1) is 20.6. The molecule has 0 saturated heterocycles. The molecule has 0 bridgehead atoms. The Morgan fingerprint density at radius 1 is 0.884 bits per heavy atom. The second-order valence-electron chi connectivity index (χ2n) is 10.7. The molecule has 0 aromatic heterocycles. The van der Waals surface area contributed by atoms with E-state index in [0.717, 1.165) is 11.3 Å². The maximum atomic E-state index is 14.0. The molecule has 1 aliphatic carbocycles. The molecule has 0 unspecified atom stereocenters. The summed E-state index contributed by atoms with van der Waals surface area (Å²) in [5, 5.41) is 3.35. The van der Waals surface area contributed by atoms with Crippen molar-refractivity contribution in [1.29, 1.82) is 0 Å². The van der Waals surface area contributed by atoms with E-state index in [0.29, 0.717) is 46.1 Å². The molecule has 2 aromatic carbocycles. The SMILES string of the molecule is COc1ccc([C@@H]2CC(=O)C3=C(C2)NC(C)=C(C(=O)OCCOC(C)C)[C@@H]3c2ccc(OC(C)=O)c(OC)c2)cc1OC. The van der Waals surface area contributed by atoms with E-state index < -0.39 is 17.9 Å². The second kappa shape index (κ2) is 13.8. The molecule has 2 aromatic rings. The van der Waals surface area contributed by atoms with Gasteiger partial charge in [0.2, 0.25) is 0 Å². The number of carbonyl (C=O) groups excluding carboxylic acids is 3. The van der Waals surface area contributed by atoms with Gasteiger partial charge in [0.1, 0.15) is 6.61 Å². The minimum atomic E-state index is -0.728. The average molecular weight is 594 g/mol. The van der Waals surface area contributed by atoms with E-state index in [2.05, 4.69) is 5.32 Å². The Hall–Kier alpha value is -4.31. The maximum absolute atomic E-state index is 14.0. The van der Waals surface area contributed by atoms with Crippen LogP contribution in [0.25, 0.3) is 0 Å². The first-order valence-electron chi connectivity index (χ1n) is 14.2. The van der Waals surface area contributed by atoms with Crippen molar-refractivity contribution in [2.45, 2.75) is 58.5 Å². The van der Waals surface area contributed by atoms with E-state index in [4.69, 9.17) is 28.4 Å². The number of rotatable bonds is 11. The summed E-state index contributed by atoms with van der Waals surface area (Å²) in [6, 6.07) is 10.7. The van der Waals surface area contributed by atoms with Gasteiger partial charge in [-0.05, 0) is 68.5 Å². The molecular weight excluding hydrogens is 554 g/mol. The predicted molar refractivity (Wildman–Crippen MR) is 158 cm³/mol. The topological polar surface area (TPSA) is 119 Å². The lowest BCUT2D eigenvalue weighted by Crippen LogP contribution is -2.36. The fourth-order valence-corrected chi connectivity index (χ4v) is 5.58. The van der Waals surface area contributed by atoms with E-state index in [1.807, 2.05) is 32.0 Å². The Balaban J connectivity index is 1.75. The number of ketones is 1. The molecule has 0 amide bonds. The molecule has 43 heavy (non-hydrogen) atoms. The van der Waals surface area contributed by atoms with Gasteiger partial charge in [-0.2, -0.15) is 0 Å². The molecule has 10 nitrogen and oxygen atoms in total. The van der Waals surface area contributed by atoms with Gasteiger partial charge < -0.3 is 33.7 Å². The first kappa shape index (κ1) is 31.6. The Labute approximate surface area is 251 Å². The van der Waals surface area contributed by atoms with E-state index in [1.54, 1.807) is 39.3 Å². The van der Waals surface area contributed by atoms with Gasteiger partial charge in [0.05, 0.1) is 39.6 Å². The van der Waals surface area contributed by atoms with Gasteiger partial charge in [-0.1, -0.05) is 12.1 Å². The van der Waals surface area contributed by atoms with Crippen molar-refractivity contribution in [2.75, 3.05) is 34.5 Å². The van der Waals surface area contributed by atoms with Gasteiger partial charge in [-0.25, -0.2) is 4.79 Å². The molecule has 0 radical (unpaired) electrons. The zero-order valence-corrected chi connectivity index (χ0v) is 25.7. The average Bonchev–Trinajstić information content (AvgIpc) is 2.97. The van der Waals surface area contributed by atoms with Gasteiger partial charge in [0.25, 0.3) is 0 Å². The van der Waals surface area contributed by atoms with Gasteiger partial charge >= 0.3 is 11.9 Å². The Kier molecular flexibility index (Phi) is 10.1. The number of methoxy groups -OCH3 is 3. The molecule has 4 rings (SSSR count). The third-order valence-electron chi connectivity index (χ3n) is 7.47. The fraction of sp³-hybridized carbons (Fsp3) is 0.424. The molecular formula is C33H39NO9. The summed E-state index contributed by atoms with van der Waals surface area (Å²) < 4.78 is 32.8. The quantitative estimate of drug-likeness (QED) is 0.217. The number of benzene rings is 2. The number of carbonyl (C=O) groups is 3. The number of dihydropyridines is 1. The first-order valence-corrected chi connectivity index (χ1v) is 14.2. The van der Waals surface area contributed by atoms with Crippen LogP contribution in [-0.2, 0) is 23.9 Å². The summed E-state index contributed by atoms with van der Waals surface area (Å²) in [5.74, 6) is -0.250. The van der Waals surface area contributed by atoms with Crippen LogP contribution in [0, 0.1) is 0 Å². The third kappa shape index (κ3) is 7.02. The van der Waals surface area contributed by atoms with Crippen molar-refractivity contribution < 1.29 is 42.8 Å². The van der Waals surface area contributed by atoms with Crippen molar-refractivity contribution in [3.63, 3.8) is 0 Å². The summed E-state index contributed by atoms with van der Waals surface area (Å²) in [5.41, 5.74) is 3.71. The summed E-state index contributed by atoms with van der Waals surface area (Å²) in [4.78, 5) is 39.2. The lowest BCUT2D eigenvalue weighted by molar-refractivity contribution is -0.141. The van der Waals surface area contributed by atoms with Crippen molar-refractivity contribution in [3.05, 3.63) is 70.1 Å². The fourth-order valence-electron chi connectivity index (χ4n) is 5.58. The molecule has 0 fully saturated rings. The molecule has 1 aliphatic heterocycles. The van der Waals surface area contributed by atoms with Gasteiger partial charge in [-0.3, -0.25) is 9.59 Å². The largest absolute Gasteiger partial charge is 0.493 e. The normalized spacial score (nSPS) is 18.2. The molecule has 0 spiro atoms. The molecule has 1 heterocycles. The number of hydrogen-bond donors (Lipinski definition) is 1. The minimum Gasteiger partial charge on any atom is -0.493 e. The summed E-state index contributed by atoms with van der Waals surface area (Å²) in [6.45, 7) is 7.22. The van der Waals surface area contributed by atoms with Crippen LogP contribution in [0.4, 0.5) is 0 Å². The van der Waals surface area contributed by atoms with Crippen LogP contribution in [0.1, 0.15) is 63.5 Å². The van der Waals surface area contributed by atoms with Gasteiger partial charge in [-0.15, -0.1) is 0 Å². The number of hydrogen-bond acceptors (Lipinski definition) is 10. The highest BCUT2D eigenvalue weighted by Gasteiger charge is 2.42. The maximum Gasteiger partial charge on any atom is 0.336 e. The highest BCUT2D eigenvalue weighted by molar-refractivity contribution is 6.04. The second-order valence-corrected chi connectivity index (χ2v) is 10.7. The van der Waals surface area contributed by atoms with Crippen LogP contribution in [0.15, 0.2) is 58.9 Å². The van der Waals surface area contributed by atoms with Gasteiger partial charge in [0.15, 0.2) is 28.8 Å².